The molecule has 0 atom stereocenters. The van der Waals surface area contributed by atoms with E-state index in [1.807, 2.05) is 82.3 Å². The highest BCUT2D eigenvalue weighted by atomic mass is 28.3. The van der Waals surface area contributed by atoms with Gasteiger partial charge in [-0.2, -0.15) is 5.10 Å². The summed E-state index contributed by atoms with van der Waals surface area (Å²) in [7, 11) is -1.14. The molecule has 2 N–H and O–H groups in total. The molecule has 0 aliphatic heterocycles. The second kappa shape index (κ2) is 14.5. The van der Waals surface area contributed by atoms with Crippen molar-refractivity contribution in [1.82, 2.24) is 19.3 Å². The number of imidazole rings is 1. The average molecular weight is 624 g/mol. The number of para-hydroxylation sites is 1. The molecular weight excluding hydrogens is 583 g/mol. The van der Waals surface area contributed by atoms with E-state index >= 15 is 0 Å². The molecule has 9 nitrogen and oxygen atoms in total. The molecule has 5 rings (SSSR count). The summed E-state index contributed by atoms with van der Waals surface area (Å²) in [5, 5.41) is 17.4. The molecule has 0 radical (unpaired) electrons. The molecule has 1 amide bonds. The fourth-order valence-corrected chi connectivity index (χ4v) is 5.85. The molecule has 2 heterocycles. The number of hydrogen-bond donors (Lipinski definition) is 2. The molecule has 0 unspecified atom stereocenters. The molecule has 0 saturated heterocycles. The minimum Gasteiger partial charge on any atom is -0.481 e. The average Bonchev–Trinajstić information content (AvgIpc) is 3.62. The highest BCUT2D eigenvalue weighted by Gasteiger charge is 2.16. The molecule has 0 aliphatic rings. The van der Waals surface area contributed by atoms with Crippen molar-refractivity contribution in [3.8, 4) is 16.8 Å². The molecule has 45 heavy (non-hydrogen) atoms. The number of carboxylic acids is 1. The van der Waals surface area contributed by atoms with E-state index in [9.17, 15) is 9.59 Å². The van der Waals surface area contributed by atoms with Crippen molar-refractivity contribution in [2.45, 2.75) is 64.5 Å². The first kappa shape index (κ1) is 31.9. The van der Waals surface area contributed by atoms with Gasteiger partial charge in [0.15, 0.2) is 0 Å². The number of amides is 1. The highest BCUT2D eigenvalue weighted by Crippen LogP contribution is 2.26. The van der Waals surface area contributed by atoms with Crippen molar-refractivity contribution in [1.29, 1.82) is 0 Å². The van der Waals surface area contributed by atoms with Gasteiger partial charge in [0, 0.05) is 43.9 Å². The standard InChI is InChI=1S/C35H41N5O4Si/c1-45(2,3)20-19-44-25-40-32-18-17-27(22-29(32)23-36-40)26-11-10-12-28(21-26)34(43)38-35-37-30(13-6-4-9-16-33(41)42)24-39(35)31-14-7-5-8-15-31/h5,7-8,10-12,14-15,17-18,21-24H,4,6,9,13,16,19-20,25H2,1-3H3,(H,41,42)(H,37,38,43). The Hall–Kier alpha value is -4.54. The van der Waals surface area contributed by atoms with Gasteiger partial charge >= 0.3 is 5.97 Å². The van der Waals surface area contributed by atoms with Crippen LogP contribution in [0.1, 0.15) is 41.7 Å². The minimum atomic E-state index is -1.14. The molecule has 3 aromatic carbocycles. The predicted molar refractivity (Wildman–Crippen MR) is 181 cm³/mol. The zero-order chi connectivity index (χ0) is 31.8. The number of ether oxygens (including phenoxy) is 1. The van der Waals surface area contributed by atoms with Gasteiger partial charge in [-0.25, -0.2) is 9.67 Å². The number of nitrogens with one attached hydrogen (secondary N) is 1. The number of anilines is 1. The van der Waals surface area contributed by atoms with Crippen LogP contribution in [0.4, 0.5) is 5.95 Å². The van der Waals surface area contributed by atoms with Crippen molar-refractivity contribution in [2.24, 2.45) is 0 Å². The van der Waals surface area contributed by atoms with Gasteiger partial charge in [-0.05, 0) is 72.8 Å². The summed E-state index contributed by atoms with van der Waals surface area (Å²) in [6.45, 7) is 8.19. The van der Waals surface area contributed by atoms with Crippen molar-refractivity contribution in [3.63, 3.8) is 0 Å². The Morgan fingerprint density at radius 1 is 0.933 bits per heavy atom. The third kappa shape index (κ3) is 8.77. The summed E-state index contributed by atoms with van der Waals surface area (Å²) in [6.07, 6.45) is 6.92. The van der Waals surface area contributed by atoms with Gasteiger partial charge in [0.25, 0.3) is 5.91 Å². The molecule has 0 aliphatic carbocycles. The van der Waals surface area contributed by atoms with Crippen molar-refractivity contribution in [2.75, 3.05) is 11.9 Å². The Kier molecular flexibility index (Phi) is 10.3. The van der Waals surface area contributed by atoms with Gasteiger partial charge < -0.3 is 9.84 Å². The van der Waals surface area contributed by atoms with Crippen molar-refractivity contribution >= 4 is 36.8 Å². The Bertz CT molecular complexity index is 1760. The summed E-state index contributed by atoms with van der Waals surface area (Å²) in [5.41, 5.74) is 5.18. The summed E-state index contributed by atoms with van der Waals surface area (Å²) < 4.78 is 9.67. The second-order valence-corrected chi connectivity index (χ2v) is 18.1. The molecule has 0 spiro atoms. The Balaban J connectivity index is 1.29. The highest BCUT2D eigenvalue weighted by molar-refractivity contribution is 6.76. The first-order valence-electron chi connectivity index (χ1n) is 15.5. The van der Waals surface area contributed by atoms with Crippen LogP contribution in [-0.4, -0.2) is 51.0 Å². The van der Waals surface area contributed by atoms with Crippen LogP contribution in [-0.2, 0) is 22.7 Å². The van der Waals surface area contributed by atoms with E-state index in [4.69, 9.17) is 14.8 Å². The van der Waals surface area contributed by atoms with E-state index in [1.54, 1.807) is 6.07 Å². The molecule has 0 fully saturated rings. The molecule has 234 valence electrons. The number of carbonyl (C=O) groups excluding carboxylic acids is 1. The molecule has 0 bridgehead atoms. The topological polar surface area (TPSA) is 111 Å². The fourth-order valence-electron chi connectivity index (χ4n) is 5.09. The van der Waals surface area contributed by atoms with Gasteiger partial charge in [-0.15, -0.1) is 0 Å². The van der Waals surface area contributed by atoms with Crippen LogP contribution in [0.5, 0.6) is 0 Å². The van der Waals surface area contributed by atoms with Crippen LogP contribution in [0, 0.1) is 0 Å². The van der Waals surface area contributed by atoms with E-state index in [0.717, 1.165) is 58.9 Å². The number of aromatic nitrogens is 4. The van der Waals surface area contributed by atoms with Crippen molar-refractivity contribution in [3.05, 3.63) is 96.4 Å². The van der Waals surface area contributed by atoms with Gasteiger partial charge in [-0.1, -0.05) is 62.5 Å². The third-order valence-electron chi connectivity index (χ3n) is 7.65. The lowest BCUT2D eigenvalue weighted by Crippen LogP contribution is -2.22. The number of carboxylic acid groups (broad SMARTS) is 1. The van der Waals surface area contributed by atoms with Gasteiger partial charge in [0.1, 0.15) is 6.73 Å². The zero-order valence-electron chi connectivity index (χ0n) is 26.2. The lowest BCUT2D eigenvalue weighted by atomic mass is 10.0. The lowest BCUT2D eigenvalue weighted by molar-refractivity contribution is -0.137. The quantitative estimate of drug-likeness (QED) is 0.0916. The smallest absolute Gasteiger partial charge is 0.303 e. The number of nitrogens with zero attached hydrogens (tertiary/aromatic N) is 4. The zero-order valence-corrected chi connectivity index (χ0v) is 27.2. The number of aliphatic carboxylic acids is 1. The second-order valence-electron chi connectivity index (χ2n) is 12.5. The maximum atomic E-state index is 13.5. The number of hydrogen-bond acceptors (Lipinski definition) is 5. The van der Waals surface area contributed by atoms with E-state index in [0.29, 0.717) is 31.1 Å². The van der Waals surface area contributed by atoms with E-state index in [1.165, 1.54) is 0 Å². The van der Waals surface area contributed by atoms with E-state index in [2.05, 4.69) is 36.1 Å². The summed E-state index contributed by atoms with van der Waals surface area (Å²) in [4.78, 5) is 29.1. The van der Waals surface area contributed by atoms with Crippen LogP contribution in [0.25, 0.3) is 27.7 Å². The lowest BCUT2D eigenvalue weighted by Gasteiger charge is -2.15. The van der Waals surface area contributed by atoms with Crippen LogP contribution >= 0.6 is 0 Å². The normalized spacial score (nSPS) is 11.6. The monoisotopic (exact) mass is 623 g/mol. The SMILES string of the molecule is C[Si](C)(C)CCOCn1ncc2cc(-c3cccc(C(=O)Nc4nc(CCCCCC(=O)O)cn4-c4ccccc4)c3)ccc21. The Morgan fingerprint density at radius 2 is 1.73 bits per heavy atom. The number of carbonyl (C=O) groups is 2. The largest absolute Gasteiger partial charge is 0.481 e. The van der Waals surface area contributed by atoms with Crippen LogP contribution in [0.15, 0.2) is 85.2 Å². The molecule has 2 aromatic heterocycles. The maximum absolute atomic E-state index is 13.5. The molecular formula is C35H41N5O4Si. The predicted octanol–water partition coefficient (Wildman–Crippen LogP) is 7.64. The number of fused-ring (bicyclic) bond motifs is 1. The first-order valence-corrected chi connectivity index (χ1v) is 19.2. The van der Waals surface area contributed by atoms with Crippen LogP contribution in [0.3, 0.4) is 0 Å². The van der Waals surface area contributed by atoms with Gasteiger partial charge in [-0.3, -0.25) is 19.5 Å². The molecule has 10 heteroatoms. The Labute approximate surface area is 264 Å². The first-order chi connectivity index (χ1) is 21.7. The summed E-state index contributed by atoms with van der Waals surface area (Å²) in [6, 6.07) is 24.6. The maximum Gasteiger partial charge on any atom is 0.303 e. The Morgan fingerprint density at radius 3 is 2.51 bits per heavy atom. The van der Waals surface area contributed by atoms with Crippen LogP contribution in [0.2, 0.25) is 25.7 Å². The van der Waals surface area contributed by atoms with Crippen LogP contribution < -0.4 is 5.32 Å². The number of benzene rings is 3. The number of unbranched alkanes of at least 4 members (excludes halogenated alkanes) is 2. The summed E-state index contributed by atoms with van der Waals surface area (Å²) >= 11 is 0. The van der Waals surface area contributed by atoms with Crippen molar-refractivity contribution < 1.29 is 19.4 Å². The van der Waals surface area contributed by atoms with E-state index < -0.39 is 14.0 Å². The van der Waals surface area contributed by atoms with E-state index in [-0.39, 0.29) is 12.3 Å². The minimum absolute atomic E-state index is 0.171. The number of rotatable bonds is 15. The molecule has 0 saturated carbocycles. The fraction of sp³-hybridized carbons (Fsp3) is 0.314. The van der Waals surface area contributed by atoms with Gasteiger partial charge in [0.2, 0.25) is 5.95 Å². The number of aryl methyl sites for hydroxylation is 1. The third-order valence-corrected chi connectivity index (χ3v) is 9.35. The molecule has 5 aromatic rings. The van der Waals surface area contributed by atoms with Gasteiger partial charge in [0.05, 0.1) is 17.4 Å². The summed E-state index contributed by atoms with van der Waals surface area (Å²) in [5.74, 6) is -0.585.